The van der Waals surface area contributed by atoms with Gasteiger partial charge in [-0.2, -0.15) is 5.10 Å². The summed E-state index contributed by atoms with van der Waals surface area (Å²) >= 11 is 0. The van der Waals surface area contributed by atoms with Crippen molar-refractivity contribution in [1.29, 1.82) is 0 Å². The fourth-order valence-electron chi connectivity index (χ4n) is 2.79. The lowest BCUT2D eigenvalue weighted by Gasteiger charge is -2.09. The Hall–Kier alpha value is -3.86. The van der Waals surface area contributed by atoms with Crippen molar-refractivity contribution in [2.24, 2.45) is 5.10 Å². The minimum absolute atomic E-state index is 0.294. The highest BCUT2D eigenvalue weighted by molar-refractivity contribution is 6.07. The summed E-state index contributed by atoms with van der Waals surface area (Å²) in [6.07, 6.45) is 3.19. The lowest BCUT2D eigenvalue weighted by atomic mass is 10.0. The predicted octanol–water partition coefficient (Wildman–Crippen LogP) is 4.06. The van der Waals surface area contributed by atoms with Gasteiger partial charge in [0.15, 0.2) is 0 Å². The number of hydrazone groups is 1. The Labute approximate surface area is 156 Å². The lowest BCUT2D eigenvalue weighted by molar-refractivity contribution is 0.0956. The third-order valence-corrected chi connectivity index (χ3v) is 4.08. The molecule has 130 valence electrons. The molecule has 0 radical (unpaired) electrons. The van der Waals surface area contributed by atoms with Gasteiger partial charge >= 0.3 is 0 Å². The molecule has 0 bridgehead atoms. The number of rotatable bonds is 4. The van der Waals surface area contributed by atoms with E-state index in [4.69, 9.17) is 0 Å². The summed E-state index contributed by atoms with van der Waals surface area (Å²) < 4.78 is 0. The number of carbonyl (C=O) groups is 1. The van der Waals surface area contributed by atoms with Crippen LogP contribution in [-0.2, 0) is 0 Å². The van der Waals surface area contributed by atoms with Crippen LogP contribution in [0.1, 0.15) is 16.1 Å². The Morgan fingerprint density at radius 1 is 0.926 bits per heavy atom. The fraction of sp³-hybridized carbons (Fsp3) is 0. The summed E-state index contributed by atoms with van der Waals surface area (Å²) in [5, 5.41) is 4.80. The topological polar surface area (TPSA) is 67.2 Å². The Bertz CT molecular complexity index is 1110. The zero-order valence-corrected chi connectivity index (χ0v) is 14.4. The molecule has 0 unspecified atom stereocenters. The third-order valence-electron chi connectivity index (χ3n) is 4.08. The predicted molar refractivity (Wildman–Crippen MR) is 106 cm³/mol. The number of benzene rings is 2. The molecule has 5 nitrogen and oxygen atoms in total. The number of fused-ring (bicyclic) bond motifs is 1. The van der Waals surface area contributed by atoms with E-state index in [1.54, 1.807) is 12.3 Å². The number of carbonyl (C=O) groups excluding carboxylic acids is 1. The third kappa shape index (κ3) is 3.72. The van der Waals surface area contributed by atoms with Crippen molar-refractivity contribution in [3.63, 3.8) is 0 Å². The van der Waals surface area contributed by atoms with Crippen LogP contribution in [-0.4, -0.2) is 22.1 Å². The van der Waals surface area contributed by atoms with Gasteiger partial charge in [-0.1, -0.05) is 54.6 Å². The largest absolute Gasteiger partial charge is 0.272 e. The summed E-state index contributed by atoms with van der Waals surface area (Å²) in [7, 11) is 0. The normalized spacial score (nSPS) is 11.0. The van der Waals surface area contributed by atoms with Crippen LogP contribution in [0.25, 0.3) is 22.2 Å². The molecule has 0 aliphatic carbocycles. The van der Waals surface area contributed by atoms with E-state index in [0.717, 1.165) is 22.2 Å². The maximum atomic E-state index is 12.8. The molecular formula is C22H16N4O. The first-order valence-corrected chi connectivity index (χ1v) is 8.51. The Kier molecular flexibility index (Phi) is 4.66. The van der Waals surface area contributed by atoms with Gasteiger partial charge in [0.05, 0.1) is 28.7 Å². The molecule has 5 heteroatoms. The standard InChI is InChI=1S/C22H16N4O/c27-22(26-24-15-17-10-6-7-13-23-17)19-14-21(16-8-2-1-3-9-16)25-20-12-5-4-11-18(19)20/h1-15H,(H,26,27)/b24-15+. The molecule has 0 aliphatic rings. The Morgan fingerprint density at radius 2 is 1.70 bits per heavy atom. The van der Waals surface area contributed by atoms with Gasteiger partial charge in [0.25, 0.3) is 5.91 Å². The van der Waals surface area contributed by atoms with E-state index in [2.05, 4.69) is 20.5 Å². The van der Waals surface area contributed by atoms with Crippen LogP contribution in [0.5, 0.6) is 0 Å². The van der Waals surface area contributed by atoms with Crippen LogP contribution >= 0.6 is 0 Å². The van der Waals surface area contributed by atoms with Gasteiger partial charge in [-0.25, -0.2) is 10.4 Å². The molecule has 2 heterocycles. The minimum atomic E-state index is -0.294. The summed E-state index contributed by atoms with van der Waals surface area (Å²) in [5.74, 6) is -0.294. The highest BCUT2D eigenvalue weighted by atomic mass is 16.2. The second kappa shape index (κ2) is 7.58. The SMILES string of the molecule is O=C(N/N=C/c1ccccn1)c1cc(-c2ccccc2)nc2ccccc12. The van der Waals surface area contributed by atoms with Gasteiger partial charge in [-0.05, 0) is 24.3 Å². The van der Waals surface area contributed by atoms with Crippen molar-refractivity contribution >= 4 is 23.0 Å². The molecule has 1 N–H and O–H groups in total. The Morgan fingerprint density at radius 3 is 2.52 bits per heavy atom. The molecular weight excluding hydrogens is 336 g/mol. The van der Waals surface area contributed by atoms with E-state index in [-0.39, 0.29) is 5.91 Å². The lowest BCUT2D eigenvalue weighted by Crippen LogP contribution is -2.18. The second-order valence-electron chi connectivity index (χ2n) is 5.89. The van der Waals surface area contributed by atoms with Crippen molar-refractivity contribution in [3.05, 3.63) is 96.3 Å². The number of hydrogen-bond donors (Lipinski definition) is 1. The number of nitrogens with one attached hydrogen (secondary N) is 1. The van der Waals surface area contributed by atoms with Gasteiger partial charge in [0.1, 0.15) is 0 Å². The van der Waals surface area contributed by atoms with E-state index in [1.807, 2.05) is 72.8 Å². The maximum Gasteiger partial charge on any atom is 0.272 e. The average molecular weight is 352 g/mol. The highest BCUT2D eigenvalue weighted by Crippen LogP contribution is 2.24. The zero-order chi connectivity index (χ0) is 18.5. The van der Waals surface area contributed by atoms with Crippen LogP contribution in [0, 0.1) is 0 Å². The molecule has 2 aromatic heterocycles. The van der Waals surface area contributed by atoms with Crippen molar-refractivity contribution < 1.29 is 4.79 Å². The average Bonchev–Trinajstić information content (AvgIpc) is 2.74. The van der Waals surface area contributed by atoms with E-state index >= 15 is 0 Å². The van der Waals surface area contributed by atoms with Gasteiger partial charge in [-0.3, -0.25) is 9.78 Å². The number of aromatic nitrogens is 2. The molecule has 27 heavy (non-hydrogen) atoms. The van der Waals surface area contributed by atoms with Crippen LogP contribution in [0.3, 0.4) is 0 Å². The molecule has 0 spiro atoms. The van der Waals surface area contributed by atoms with E-state index in [9.17, 15) is 4.79 Å². The number of hydrogen-bond acceptors (Lipinski definition) is 4. The first kappa shape index (κ1) is 16.6. The first-order valence-electron chi connectivity index (χ1n) is 8.51. The van der Waals surface area contributed by atoms with E-state index < -0.39 is 0 Å². The summed E-state index contributed by atoms with van der Waals surface area (Å²) in [5.41, 5.74) is 6.23. The number of nitrogens with zero attached hydrogens (tertiary/aromatic N) is 3. The number of pyridine rings is 2. The monoisotopic (exact) mass is 352 g/mol. The van der Waals surface area contributed by atoms with Crippen LogP contribution in [0.15, 0.2) is 90.2 Å². The maximum absolute atomic E-state index is 12.8. The molecule has 0 atom stereocenters. The summed E-state index contributed by atoms with van der Waals surface area (Å²) in [6.45, 7) is 0. The van der Waals surface area contributed by atoms with Crippen molar-refractivity contribution in [1.82, 2.24) is 15.4 Å². The minimum Gasteiger partial charge on any atom is -0.267 e. The van der Waals surface area contributed by atoms with Gasteiger partial charge in [0.2, 0.25) is 0 Å². The quantitative estimate of drug-likeness (QED) is 0.445. The fourth-order valence-corrected chi connectivity index (χ4v) is 2.79. The summed E-state index contributed by atoms with van der Waals surface area (Å²) in [6, 6.07) is 24.7. The van der Waals surface area contributed by atoms with Crippen molar-refractivity contribution in [2.75, 3.05) is 0 Å². The van der Waals surface area contributed by atoms with Crippen molar-refractivity contribution in [2.45, 2.75) is 0 Å². The van der Waals surface area contributed by atoms with Crippen LogP contribution in [0.4, 0.5) is 0 Å². The molecule has 0 saturated carbocycles. The van der Waals surface area contributed by atoms with Gasteiger partial charge in [-0.15, -0.1) is 0 Å². The van der Waals surface area contributed by atoms with Crippen LogP contribution in [0.2, 0.25) is 0 Å². The number of amides is 1. The van der Waals surface area contributed by atoms with E-state index in [1.165, 1.54) is 6.21 Å². The molecule has 0 aliphatic heterocycles. The number of para-hydroxylation sites is 1. The zero-order valence-electron chi connectivity index (χ0n) is 14.4. The molecule has 4 aromatic rings. The van der Waals surface area contributed by atoms with Gasteiger partial charge < -0.3 is 0 Å². The molecule has 0 saturated heterocycles. The van der Waals surface area contributed by atoms with Crippen LogP contribution < -0.4 is 5.43 Å². The smallest absolute Gasteiger partial charge is 0.267 e. The van der Waals surface area contributed by atoms with Gasteiger partial charge in [0, 0.05) is 17.1 Å². The molecule has 0 fully saturated rings. The first-order chi connectivity index (χ1) is 13.3. The van der Waals surface area contributed by atoms with E-state index in [0.29, 0.717) is 11.3 Å². The second-order valence-corrected chi connectivity index (χ2v) is 5.89. The summed E-state index contributed by atoms with van der Waals surface area (Å²) in [4.78, 5) is 21.6. The molecule has 2 aromatic carbocycles. The van der Waals surface area contributed by atoms with Crippen molar-refractivity contribution in [3.8, 4) is 11.3 Å². The Balaban J connectivity index is 1.69. The molecule has 1 amide bonds. The highest BCUT2D eigenvalue weighted by Gasteiger charge is 2.13. The molecule has 4 rings (SSSR count).